The SMILES string of the molecule is Cn1cnc2c(C#N)nc(-c3ccc(OCCN4CCN(c5ccncc5)CC4)c(C(F)(F)F)c3)cc21. The van der Waals surface area contributed by atoms with Gasteiger partial charge in [0.25, 0.3) is 0 Å². The molecule has 0 unspecified atom stereocenters. The van der Waals surface area contributed by atoms with Crippen molar-refractivity contribution in [2.75, 3.05) is 44.2 Å². The van der Waals surface area contributed by atoms with E-state index in [0.29, 0.717) is 17.6 Å². The van der Waals surface area contributed by atoms with Crippen LogP contribution < -0.4 is 9.64 Å². The molecule has 0 amide bonds. The number of benzene rings is 1. The molecule has 8 nitrogen and oxygen atoms in total. The van der Waals surface area contributed by atoms with Crippen LogP contribution in [0.4, 0.5) is 18.9 Å². The summed E-state index contributed by atoms with van der Waals surface area (Å²) in [6, 6.07) is 11.4. The van der Waals surface area contributed by atoms with Gasteiger partial charge in [-0.15, -0.1) is 0 Å². The minimum Gasteiger partial charge on any atom is -0.492 e. The molecule has 0 spiro atoms. The van der Waals surface area contributed by atoms with Gasteiger partial charge in [0.1, 0.15) is 23.9 Å². The number of nitriles is 1. The normalized spacial score (nSPS) is 14.6. The van der Waals surface area contributed by atoms with Crippen molar-refractivity contribution in [3.8, 4) is 23.1 Å². The van der Waals surface area contributed by atoms with Gasteiger partial charge in [-0.2, -0.15) is 18.4 Å². The monoisotopic (exact) mass is 507 g/mol. The molecule has 1 saturated heterocycles. The second-order valence-corrected chi connectivity index (χ2v) is 8.78. The van der Waals surface area contributed by atoms with Crippen LogP contribution >= 0.6 is 0 Å². The van der Waals surface area contributed by atoms with Gasteiger partial charge >= 0.3 is 6.18 Å². The maximum atomic E-state index is 14.0. The van der Waals surface area contributed by atoms with Gasteiger partial charge in [0.2, 0.25) is 0 Å². The fraction of sp³-hybridized carbons (Fsp3) is 0.308. The third-order valence-corrected chi connectivity index (χ3v) is 6.46. The van der Waals surface area contributed by atoms with E-state index in [0.717, 1.165) is 37.9 Å². The van der Waals surface area contributed by atoms with Crippen molar-refractivity contribution in [3.05, 3.63) is 66.4 Å². The summed E-state index contributed by atoms with van der Waals surface area (Å²) in [6.45, 7) is 3.89. The highest BCUT2D eigenvalue weighted by atomic mass is 19.4. The van der Waals surface area contributed by atoms with Crippen LogP contribution in [0.5, 0.6) is 5.75 Å². The Morgan fingerprint density at radius 1 is 1.05 bits per heavy atom. The summed E-state index contributed by atoms with van der Waals surface area (Å²) in [7, 11) is 1.75. The predicted molar refractivity (Wildman–Crippen MR) is 132 cm³/mol. The number of aryl methyl sites for hydroxylation is 1. The highest BCUT2D eigenvalue weighted by molar-refractivity contribution is 5.84. The van der Waals surface area contributed by atoms with Crippen LogP contribution in [0.2, 0.25) is 0 Å². The van der Waals surface area contributed by atoms with Gasteiger partial charge in [0.15, 0.2) is 5.69 Å². The van der Waals surface area contributed by atoms with Crippen molar-refractivity contribution in [1.82, 2.24) is 24.4 Å². The van der Waals surface area contributed by atoms with Crippen LogP contribution in [0, 0.1) is 11.3 Å². The van der Waals surface area contributed by atoms with E-state index in [1.807, 2.05) is 18.2 Å². The first kappa shape index (κ1) is 24.5. The van der Waals surface area contributed by atoms with Gasteiger partial charge in [-0.1, -0.05) is 0 Å². The third kappa shape index (κ3) is 5.20. The maximum Gasteiger partial charge on any atom is 0.419 e. The van der Waals surface area contributed by atoms with E-state index in [2.05, 4.69) is 24.8 Å². The second-order valence-electron chi connectivity index (χ2n) is 8.78. The van der Waals surface area contributed by atoms with E-state index in [-0.39, 0.29) is 29.3 Å². The van der Waals surface area contributed by atoms with E-state index < -0.39 is 11.7 Å². The molecular weight excluding hydrogens is 483 g/mol. The molecule has 0 atom stereocenters. The van der Waals surface area contributed by atoms with Crippen LogP contribution in [0.15, 0.2) is 55.1 Å². The summed E-state index contributed by atoms with van der Waals surface area (Å²) in [4.78, 5) is 16.9. The number of halogens is 3. The Kier molecular flexibility index (Phi) is 6.67. The zero-order chi connectivity index (χ0) is 26.0. The number of nitrogens with zero attached hydrogens (tertiary/aromatic N) is 7. The van der Waals surface area contributed by atoms with E-state index in [1.165, 1.54) is 18.5 Å². The van der Waals surface area contributed by atoms with Crippen molar-refractivity contribution in [2.24, 2.45) is 7.05 Å². The molecule has 0 N–H and O–H groups in total. The lowest BCUT2D eigenvalue weighted by Crippen LogP contribution is -2.47. The lowest BCUT2D eigenvalue weighted by atomic mass is 10.1. The van der Waals surface area contributed by atoms with Crippen LogP contribution in [0.25, 0.3) is 22.3 Å². The number of rotatable bonds is 6. The number of alkyl halides is 3. The Balaban J connectivity index is 1.29. The highest BCUT2D eigenvalue weighted by Gasteiger charge is 2.35. The first-order valence-electron chi connectivity index (χ1n) is 11.8. The molecule has 3 aromatic heterocycles. The number of fused-ring (bicyclic) bond motifs is 1. The summed E-state index contributed by atoms with van der Waals surface area (Å²) < 4.78 is 49.2. The molecule has 1 fully saturated rings. The summed E-state index contributed by atoms with van der Waals surface area (Å²) in [6.07, 6.45) is 0.438. The first-order valence-corrected chi connectivity index (χ1v) is 11.8. The van der Waals surface area contributed by atoms with Gasteiger partial charge < -0.3 is 14.2 Å². The quantitative estimate of drug-likeness (QED) is 0.388. The Morgan fingerprint density at radius 3 is 2.51 bits per heavy atom. The number of imidazole rings is 1. The number of piperazine rings is 1. The van der Waals surface area contributed by atoms with Crippen LogP contribution in [-0.4, -0.2) is 63.7 Å². The number of pyridine rings is 2. The Labute approximate surface area is 211 Å². The van der Waals surface area contributed by atoms with E-state index in [4.69, 9.17) is 4.74 Å². The molecule has 4 aromatic rings. The van der Waals surface area contributed by atoms with Crippen molar-refractivity contribution in [2.45, 2.75) is 6.18 Å². The summed E-state index contributed by atoms with van der Waals surface area (Å²) in [5, 5.41) is 9.45. The molecule has 0 saturated carbocycles. The lowest BCUT2D eigenvalue weighted by Gasteiger charge is -2.36. The highest BCUT2D eigenvalue weighted by Crippen LogP contribution is 2.39. The molecule has 4 heterocycles. The van der Waals surface area contributed by atoms with Gasteiger partial charge in [-0.25, -0.2) is 9.97 Å². The smallest absolute Gasteiger partial charge is 0.419 e. The van der Waals surface area contributed by atoms with E-state index in [1.54, 1.807) is 30.1 Å². The fourth-order valence-electron chi connectivity index (χ4n) is 4.46. The molecule has 190 valence electrons. The number of hydrogen-bond donors (Lipinski definition) is 0. The average Bonchev–Trinajstić information content (AvgIpc) is 3.29. The molecule has 0 bridgehead atoms. The van der Waals surface area contributed by atoms with Crippen molar-refractivity contribution < 1.29 is 17.9 Å². The molecule has 37 heavy (non-hydrogen) atoms. The number of aromatic nitrogens is 4. The fourth-order valence-corrected chi connectivity index (χ4v) is 4.46. The van der Waals surface area contributed by atoms with Crippen molar-refractivity contribution >= 4 is 16.7 Å². The number of hydrogen-bond acceptors (Lipinski definition) is 7. The summed E-state index contributed by atoms with van der Waals surface area (Å²) in [5.41, 5.74) is 1.82. The number of anilines is 1. The largest absolute Gasteiger partial charge is 0.492 e. The summed E-state index contributed by atoms with van der Waals surface area (Å²) in [5.74, 6) is -0.228. The molecule has 1 aromatic carbocycles. The zero-order valence-electron chi connectivity index (χ0n) is 20.1. The molecule has 11 heteroatoms. The van der Waals surface area contributed by atoms with E-state index >= 15 is 0 Å². The molecule has 5 rings (SSSR count). The molecular formula is C26H24F3N7O. The van der Waals surface area contributed by atoms with Gasteiger partial charge in [0, 0.05) is 63.4 Å². The minimum atomic E-state index is -4.61. The molecule has 0 aliphatic carbocycles. The van der Waals surface area contributed by atoms with Crippen LogP contribution in [0.1, 0.15) is 11.3 Å². The predicted octanol–water partition coefficient (Wildman–Crippen LogP) is 4.12. The van der Waals surface area contributed by atoms with Gasteiger partial charge in [0.05, 0.1) is 23.1 Å². The summed E-state index contributed by atoms with van der Waals surface area (Å²) >= 11 is 0. The van der Waals surface area contributed by atoms with Crippen LogP contribution in [0.3, 0.4) is 0 Å². The lowest BCUT2D eigenvalue weighted by molar-refractivity contribution is -0.138. The number of ether oxygens (including phenoxy) is 1. The third-order valence-electron chi connectivity index (χ3n) is 6.46. The van der Waals surface area contributed by atoms with Crippen molar-refractivity contribution in [1.29, 1.82) is 5.26 Å². The molecule has 1 aliphatic heterocycles. The Hall–Kier alpha value is -4.17. The van der Waals surface area contributed by atoms with Crippen molar-refractivity contribution in [3.63, 3.8) is 0 Å². The first-order chi connectivity index (χ1) is 17.8. The minimum absolute atomic E-state index is 0.0611. The maximum absolute atomic E-state index is 14.0. The topological polar surface area (TPSA) is 83.1 Å². The Bertz CT molecular complexity index is 1440. The molecule has 0 radical (unpaired) electrons. The average molecular weight is 508 g/mol. The zero-order valence-corrected chi connectivity index (χ0v) is 20.1. The standard InChI is InChI=1S/C26H24F3N7O/c1-34-17-32-25-22(16-30)33-21(15-23(25)34)18-2-3-24(20(14-18)26(27,28)29)37-13-12-35-8-10-36(11-9-35)19-4-6-31-7-5-19/h2-7,14-15,17H,8-13H2,1H3. The van der Waals surface area contributed by atoms with Gasteiger partial charge in [-0.3, -0.25) is 9.88 Å². The second kappa shape index (κ2) is 10.1. The van der Waals surface area contributed by atoms with E-state index in [9.17, 15) is 18.4 Å². The Morgan fingerprint density at radius 2 is 1.81 bits per heavy atom. The molecule has 1 aliphatic rings. The van der Waals surface area contributed by atoms with Gasteiger partial charge in [-0.05, 0) is 36.4 Å². The van der Waals surface area contributed by atoms with Crippen LogP contribution in [-0.2, 0) is 13.2 Å².